The van der Waals surface area contributed by atoms with Crippen molar-refractivity contribution in [1.29, 1.82) is 0 Å². The molecule has 0 unspecified atom stereocenters. The highest BCUT2D eigenvalue weighted by atomic mass is 19.1. The molecule has 0 aromatic heterocycles. The zero-order valence-electron chi connectivity index (χ0n) is 12.0. The van der Waals surface area contributed by atoms with Crippen LogP contribution in [-0.4, -0.2) is 19.8 Å². The van der Waals surface area contributed by atoms with E-state index < -0.39 is 0 Å². The number of hydrogen-bond donors (Lipinski definition) is 1. The van der Waals surface area contributed by atoms with Crippen molar-refractivity contribution >= 4 is 0 Å². The Morgan fingerprint density at radius 1 is 1.16 bits per heavy atom. The summed E-state index contributed by atoms with van der Waals surface area (Å²) in [7, 11) is 0. The average Bonchev–Trinajstić information content (AvgIpc) is 2.34. The first kappa shape index (κ1) is 15.9. The summed E-state index contributed by atoms with van der Waals surface area (Å²) in [5, 5.41) is 0. The van der Waals surface area contributed by atoms with Crippen LogP contribution >= 0.6 is 0 Å². The molecule has 0 fully saturated rings. The molecule has 0 amide bonds. The molecule has 0 aliphatic carbocycles. The lowest BCUT2D eigenvalue weighted by Gasteiger charge is -2.14. The topological polar surface area (TPSA) is 44.5 Å². The van der Waals surface area contributed by atoms with Crippen LogP contribution in [-0.2, 0) is 4.74 Å². The molecular formula is C15H24FNO2. The maximum atomic E-state index is 13.1. The van der Waals surface area contributed by atoms with Crippen LogP contribution in [0.4, 0.5) is 4.39 Å². The summed E-state index contributed by atoms with van der Waals surface area (Å²) in [5.74, 6) is 0.972. The highest BCUT2D eigenvalue weighted by molar-refractivity contribution is 5.36. The van der Waals surface area contributed by atoms with E-state index >= 15 is 0 Å². The average molecular weight is 269 g/mol. The van der Waals surface area contributed by atoms with Gasteiger partial charge in [-0.25, -0.2) is 4.39 Å². The van der Waals surface area contributed by atoms with Gasteiger partial charge >= 0.3 is 0 Å². The zero-order chi connectivity index (χ0) is 14.3. The molecule has 1 atom stereocenters. The van der Waals surface area contributed by atoms with Crippen LogP contribution in [0.25, 0.3) is 0 Å². The minimum atomic E-state index is -0.298. The van der Waals surface area contributed by atoms with Crippen LogP contribution in [0.3, 0.4) is 0 Å². The lowest BCUT2D eigenvalue weighted by molar-refractivity contribution is 0.0921. The van der Waals surface area contributed by atoms with E-state index in [1.54, 1.807) is 13.0 Å². The van der Waals surface area contributed by atoms with E-state index in [2.05, 4.69) is 13.8 Å². The predicted octanol–water partition coefficient (Wildman–Crippen LogP) is 3.29. The number of rotatable bonds is 8. The second-order valence-corrected chi connectivity index (χ2v) is 5.11. The summed E-state index contributed by atoms with van der Waals surface area (Å²) in [5.41, 5.74) is 6.47. The van der Waals surface area contributed by atoms with Gasteiger partial charge in [0.2, 0.25) is 0 Å². The van der Waals surface area contributed by atoms with Gasteiger partial charge in [-0.05, 0) is 37.5 Å². The molecule has 19 heavy (non-hydrogen) atoms. The first-order chi connectivity index (χ1) is 9.00. The van der Waals surface area contributed by atoms with Gasteiger partial charge in [-0.2, -0.15) is 0 Å². The normalized spacial score (nSPS) is 12.7. The Morgan fingerprint density at radius 3 is 2.53 bits per heavy atom. The molecule has 0 aliphatic heterocycles. The number of ether oxygens (including phenoxy) is 2. The largest absolute Gasteiger partial charge is 0.491 e. The van der Waals surface area contributed by atoms with Crippen LogP contribution < -0.4 is 10.5 Å². The van der Waals surface area contributed by atoms with Crippen molar-refractivity contribution in [3.05, 3.63) is 29.6 Å². The van der Waals surface area contributed by atoms with Crippen molar-refractivity contribution in [1.82, 2.24) is 0 Å². The Hall–Kier alpha value is -1.13. The van der Waals surface area contributed by atoms with E-state index in [-0.39, 0.29) is 11.9 Å². The van der Waals surface area contributed by atoms with Gasteiger partial charge in [0.25, 0.3) is 0 Å². The van der Waals surface area contributed by atoms with Crippen LogP contribution in [0.15, 0.2) is 18.2 Å². The molecule has 0 bridgehead atoms. The second-order valence-electron chi connectivity index (χ2n) is 5.11. The molecule has 2 N–H and O–H groups in total. The quantitative estimate of drug-likeness (QED) is 0.736. The minimum Gasteiger partial charge on any atom is -0.491 e. The Morgan fingerprint density at radius 2 is 1.89 bits per heavy atom. The lowest BCUT2D eigenvalue weighted by Crippen LogP contribution is -2.12. The molecule has 0 aliphatic rings. The molecule has 3 nitrogen and oxygen atoms in total. The van der Waals surface area contributed by atoms with Crippen LogP contribution in [0.1, 0.15) is 38.8 Å². The van der Waals surface area contributed by atoms with E-state index in [9.17, 15) is 4.39 Å². The van der Waals surface area contributed by atoms with Gasteiger partial charge in [0.05, 0.1) is 6.61 Å². The molecule has 0 radical (unpaired) electrons. The smallest absolute Gasteiger partial charge is 0.124 e. The summed E-state index contributed by atoms with van der Waals surface area (Å²) >= 11 is 0. The zero-order valence-corrected chi connectivity index (χ0v) is 12.0. The summed E-state index contributed by atoms with van der Waals surface area (Å²) in [6.07, 6.45) is 1.04. The van der Waals surface area contributed by atoms with Gasteiger partial charge in [0.1, 0.15) is 18.2 Å². The van der Waals surface area contributed by atoms with E-state index in [0.29, 0.717) is 30.4 Å². The molecular weight excluding hydrogens is 245 g/mol. The van der Waals surface area contributed by atoms with E-state index in [0.717, 1.165) is 13.0 Å². The standard InChI is InChI=1S/C15H24FNO2/c1-11(2)6-7-18-8-9-19-15-5-4-13(16)10-14(15)12(3)17/h4-5,10-12H,6-9,17H2,1-3H3/t12-/m1/s1. The third kappa shape index (κ3) is 6.03. The predicted molar refractivity (Wildman–Crippen MR) is 74.8 cm³/mol. The van der Waals surface area contributed by atoms with Crippen molar-refractivity contribution in [2.75, 3.05) is 19.8 Å². The van der Waals surface area contributed by atoms with Crippen LogP contribution in [0.5, 0.6) is 5.75 Å². The molecule has 4 heteroatoms. The van der Waals surface area contributed by atoms with Crippen LogP contribution in [0.2, 0.25) is 0 Å². The van der Waals surface area contributed by atoms with E-state index in [4.69, 9.17) is 15.2 Å². The monoisotopic (exact) mass is 269 g/mol. The van der Waals surface area contributed by atoms with Crippen molar-refractivity contribution in [3.8, 4) is 5.75 Å². The summed E-state index contributed by atoms with van der Waals surface area (Å²) < 4.78 is 24.2. The summed E-state index contributed by atoms with van der Waals surface area (Å²) in [6, 6.07) is 4.15. The Balaban J connectivity index is 2.37. The Bertz CT molecular complexity index is 380. The van der Waals surface area contributed by atoms with Gasteiger partial charge in [-0.3, -0.25) is 0 Å². The summed E-state index contributed by atoms with van der Waals surface area (Å²) in [6.45, 7) is 7.85. The Kier molecular flexibility index (Phi) is 6.81. The third-order valence-electron chi connectivity index (χ3n) is 2.79. The number of nitrogens with two attached hydrogens (primary N) is 1. The highest BCUT2D eigenvalue weighted by Gasteiger charge is 2.09. The molecule has 108 valence electrons. The van der Waals surface area contributed by atoms with Crippen molar-refractivity contribution in [2.45, 2.75) is 33.2 Å². The second kappa shape index (κ2) is 8.12. The third-order valence-corrected chi connectivity index (χ3v) is 2.79. The highest BCUT2D eigenvalue weighted by Crippen LogP contribution is 2.24. The molecule has 0 spiro atoms. The molecule has 1 aromatic carbocycles. The molecule has 1 rings (SSSR count). The van der Waals surface area contributed by atoms with Gasteiger partial charge in [-0.1, -0.05) is 13.8 Å². The number of hydrogen-bond acceptors (Lipinski definition) is 3. The Labute approximate surface area is 114 Å². The van der Waals surface area contributed by atoms with Gasteiger partial charge < -0.3 is 15.2 Å². The first-order valence-electron chi connectivity index (χ1n) is 6.76. The molecule has 1 aromatic rings. The van der Waals surface area contributed by atoms with Crippen molar-refractivity contribution in [3.63, 3.8) is 0 Å². The van der Waals surface area contributed by atoms with E-state index in [1.165, 1.54) is 12.1 Å². The van der Waals surface area contributed by atoms with E-state index in [1.807, 2.05) is 0 Å². The van der Waals surface area contributed by atoms with Gasteiger partial charge in [-0.15, -0.1) is 0 Å². The fourth-order valence-corrected chi connectivity index (χ4v) is 1.64. The SMILES string of the molecule is CC(C)CCOCCOc1ccc(F)cc1[C@@H](C)N. The lowest BCUT2D eigenvalue weighted by atomic mass is 10.1. The molecule has 0 saturated carbocycles. The fraction of sp³-hybridized carbons (Fsp3) is 0.600. The van der Waals surface area contributed by atoms with Crippen LogP contribution in [0, 0.1) is 11.7 Å². The maximum Gasteiger partial charge on any atom is 0.124 e. The summed E-state index contributed by atoms with van der Waals surface area (Å²) in [4.78, 5) is 0. The van der Waals surface area contributed by atoms with Gasteiger partial charge in [0.15, 0.2) is 0 Å². The fourth-order valence-electron chi connectivity index (χ4n) is 1.64. The van der Waals surface area contributed by atoms with Crippen molar-refractivity contribution in [2.24, 2.45) is 11.7 Å². The maximum absolute atomic E-state index is 13.1. The number of benzene rings is 1. The number of halogens is 1. The molecule has 0 heterocycles. The molecule has 0 saturated heterocycles. The minimum absolute atomic E-state index is 0.257. The first-order valence-corrected chi connectivity index (χ1v) is 6.76. The van der Waals surface area contributed by atoms with Crippen molar-refractivity contribution < 1.29 is 13.9 Å². The van der Waals surface area contributed by atoms with Gasteiger partial charge in [0, 0.05) is 18.2 Å².